The number of nitrogens with zero attached hydrogens (tertiary/aromatic N) is 1. The van der Waals surface area contributed by atoms with Crippen molar-refractivity contribution in [1.29, 1.82) is 0 Å². The third-order valence-corrected chi connectivity index (χ3v) is 10.3. The summed E-state index contributed by atoms with van der Waals surface area (Å²) in [5, 5.41) is 63.0. The Morgan fingerprint density at radius 1 is 0.944 bits per heavy atom. The van der Waals surface area contributed by atoms with Crippen molar-refractivity contribution < 1.29 is 63.7 Å². The number of methoxy groups -OCH3 is 1. The van der Waals surface area contributed by atoms with Crippen LogP contribution in [-0.2, 0) is 28.6 Å². The average Bonchev–Trinajstić information content (AvgIpc) is 3.39. The molecule has 9 unspecified atom stereocenters. The number of fused-ring (bicyclic) bond motifs is 14. The Hall–Kier alpha value is -5.12. The van der Waals surface area contributed by atoms with Crippen molar-refractivity contribution in [2.45, 2.75) is 85.6 Å². The second-order valence-corrected chi connectivity index (χ2v) is 14.0. The number of hydrogen-bond acceptors (Lipinski definition) is 14. The quantitative estimate of drug-likeness (QED) is 0.0818. The first kappa shape index (κ1) is 41.6. The minimum atomic E-state index is -2.05. The molecule has 3 aliphatic heterocycles. The van der Waals surface area contributed by atoms with Crippen molar-refractivity contribution >= 4 is 40.3 Å². The molecular formula is C39H50N2O13. The van der Waals surface area contributed by atoms with E-state index in [0.717, 1.165) is 6.21 Å². The van der Waals surface area contributed by atoms with Crippen LogP contribution in [0.5, 0.6) is 23.0 Å². The van der Waals surface area contributed by atoms with E-state index in [1.165, 1.54) is 60.3 Å². The van der Waals surface area contributed by atoms with Gasteiger partial charge >= 0.3 is 11.8 Å². The van der Waals surface area contributed by atoms with Gasteiger partial charge in [0.1, 0.15) is 30.5 Å². The molecule has 6 N–H and O–H groups in total. The minimum Gasteiger partial charge on any atom is -0.507 e. The zero-order valence-electron chi connectivity index (χ0n) is 32.0. The average molecular weight is 755 g/mol. The van der Waals surface area contributed by atoms with E-state index in [2.05, 4.69) is 10.5 Å². The highest BCUT2D eigenvalue weighted by Gasteiger charge is 2.50. The summed E-state index contributed by atoms with van der Waals surface area (Å²) in [6.45, 7) is 12.4. The molecule has 0 fully saturated rings. The van der Waals surface area contributed by atoms with Crippen LogP contribution in [-0.4, -0.2) is 93.8 Å². The van der Waals surface area contributed by atoms with Gasteiger partial charge in [-0.3, -0.25) is 14.4 Å². The van der Waals surface area contributed by atoms with E-state index in [1.54, 1.807) is 39.8 Å². The number of oxime groups is 1. The van der Waals surface area contributed by atoms with Crippen molar-refractivity contribution in [2.24, 2.45) is 28.8 Å². The van der Waals surface area contributed by atoms with Crippen molar-refractivity contribution in [3.8, 4) is 23.0 Å². The molecule has 15 nitrogen and oxygen atoms in total. The van der Waals surface area contributed by atoms with Gasteiger partial charge in [-0.25, -0.2) is 0 Å². The van der Waals surface area contributed by atoms with Gasteiger partial charge in [0.05, 0.1) is 53.0 Å². The summed E-state index contributed by atoms with van der Waals surface area (Å²) >= 11 is 0. The zero-order valence-corrected chi connectivity index (χ0v) is 32.0. The lowest BCUT2D eigenvalue weighted by molar-refractivity contribution is -0.160. The molecule has 1 amide bonds. The zero-order chi connectivity index (χ0) is 40.4. The lowest BCUT2D eigenvalue weighted by Gasteiger charge is -2.38. The number of Topliss-reactive ketones (excluding diaryl/α,β-unsaturated/α-hetero) is 1. The van der Waals surface area contributed by atoms with Gasteiger partial charge in [-0.1, -0.05) is 51.1 Å². The predicted molar refractivity (Wildman–Crippen MR) is 198 cm³/mol. The third kappa shape index (κ3) is 7.74. The molecule has 0 saturated heterocycles. The number of carbonyl (C=O) groups excluding carboxylic acids is 3. The number of nitrogens with one attached hydrogen (secondary N) is 1. The third-order valence-electron chi connectivity index (χ3n) is 10.3. The number of anilines is 1. The van der Waals surface area contributed by atoms with Crippen molar-refractivity contribution in [3.05, 3.63) is 52.8 Å². The number of ketones is 1. The summed E-state index contributed by atoms with van der Waals surface area (Å²) < 4.78 is 23.3. The number of aliphatic hydroxyl groups is 2. The number of aliphatic hydroxyl groups excluding tert-OH is 2. The number of ether oxygens (including phenoxy) is 4. The monoisotopic (exact) mass is 754 g/mol. The molecule has 2 aromatic rings. The number of phenolic OH excluding ortho intramolecular Hbond substituents is 3. The molecule has 3 heterocycles. The number of hydrogen-bond donors (Lipinski definition) is 6. The van der Waals surface area contributed by atoms with Gasteiger partial charge in [0.2, 0.25) is 0 Å². The molecule has 294 valence electrons. The molecule has 5 bridgehead atoms. The van der Waals surface area contributed by atoms with E-state index in [1.807, 2.05) is 0 Å². The van der Waals surface area contributed by atoms with Crippen molar-refractivity contribution in [3.63, 3.8) is 0 Å². The number of esters is 1. The summed E-state index contributed by atoms with van der Waals surface area (Å²) in [7, 11) is 2.66. The van der Waals surface area contributed by atoms with Crippen LogP contribution in [0.3, 0.4) is 0 Å². The van der Waals surface area contributed by atoms with E-state index >= 15 is 0 Å². The fraction of sp³-hybridized carbons (Fsp3) is 0.487. The fourth-order valence-corrected chi connectivity index (χ4v) is 6.98. The largest absolute Gasteiger partial charge is 0.507 e. The van der Waals surface area contributed by atoms with Crippen LogP contribution in [0.2, 0.25) is 0 Å². The number of aromatic hydroxyl groups is 3. The van der Waals surface area contributed by atoms with Crippen LogP contribution in [0.4, 0.5) is 5.69 Å². The number of carbonyl (C=O) groups is 3. The lowest BCUT2D eigenvalue weighted by atomic mass is 9.78. The van der Waals surface area contributed by atoms with Gasteiger partial charge in [0.15, 0.2) is 5.75 Å². The Bertz CT molecular complexity index is 1920. The molecule has 0 saturated carbocycles. The van der Waals surface area contributed by atoms with Gasteiger partial charge in [-0.2, -0.15) is 0 Å². The van der Waals surface area contributed by atoms with Crippen molar-refractivity contribution in [1.82, 2.24) is 0 Å². The minimum absolute atomic E-state index is 0.0323. The maximum atomic E-state index is 14.2. The predicted octanol–water partition coefficient (Wildman–Crippen LogP) is 4.73. The number of amides is 1. The first-order valence-corrected chi connectivity index (χ1v) is 17.5. The highest BCUT2D eigenvalue weighted by Crippen LogP contribution is 2.55. The Labute approximate surface area is 313 Å². The topological polar surface area (TPSA) is 223 Å². The molecule has 0 radical (unpaired) electrons. The van der Waals surface area contributed by atoms with E-state index < -0.39 is 88.8 Å². The summed E-state index contributed by atoms with van der Waals surface area (Å²) in [5.74, 6) is -8.63. The highest BCUT2D eigenvalue weighted by molar-refractivity contribution is 6.23. The van der Waals surface area contributed by atoms with Gasteiger partial charge in [-0.05, 0) is 19.9 Å². The Morgan fingerprint density at radius 3 is 2.22 bits per heavy atom. The van der Waals surface area contributed by atoms with Crippen LogP contribution in [0, 0.1) is 30.6 Å². The standard InChI is InChI=1S/C39H50N2O13/c1-17-12-11-13-18(2)38(49)41-29-24(16-40-51-10)33(46)26-27(34(29)47)32(45)22(6)36-28(26)37(48)39(8,54-36)52-15-14-25(50-9)19(3)35(53-23(7)42)21(5)31(44)20(4)30(17)43/h11-17,19-21,25,30-31,35,43-47H,1-10H3,(H,41,49)/b12-11+,15-14+,18-13?,40-16+. The van der Waals surface area contributed by atoms with Crippen LogP contribution in [0.1, 0.15) is 70.0 Å². The second-order valence-electron chi connectivity index (χ2n) is 14.0. The summed E-state index contributed by atoms with van der Waals surface area (Å²) in [6.07, 6.45) is 4.44. The normalized spacial score (nSPS) is 30.8. The van der Waals surface area contributed by atoms with Gasteiger partial charge < -0.3 is 54.6 Å². The molecule has 3 aliphatic rings. The first-order chi connectivity index (χ1) is 25.3. The summed E-state index contributed by atoms with van der Waals surface area (Å²) in [4.78, 5) is 44.7. The molecular weight excluding hydrogens is 704 g/mol. The number of benzene rings is 2. The van der Waals surface area contributed by atoms with Crippen LogP contribution < -0.4 is 10.1 Å². The van der Waals surface area contributed by atoms with Crippen LogP contribution in [0.15, 0.2) is 41.3 Å². The molecule has 2 aromatic carbocycles. The lowest BCUT2D eigenvalue weighted by Crippen LogP contribution is -2.46. The smallest absolute Gasteiger partial charge is 0.312 e. The maximum Gasteiger partial charge on any atom is 0.312 e. The first-order valence-electron chi connectivity index (χ1n) is 17.5. The summed E-state index contributed by atoms with van der Waals surface area (Å²) in [5.41, 5.74) is -0.636. The van der Waals surface area contributed by atoms with Gasteiger partial charge in [-0.15, -0.1) is 0 Å². The maximum absolute atomic E-state index is 14.2. The van der Waals surface area contributed by atoms with Gasteiger partial charge in [0, 0.05) is 61.2 Å². The molecule has 0 spiro atoms. The highest BCUT2D eigenvalue weighted by atomic mass is 16.7. The van der Waals surface area contributed by atoms with Gasteiger partial charge in [0.25, 0.3) is 11.7 Å². The molecule has 15 heteroatoms. The number of rotatable bonds is 4. The van der Waals surface area contributed by atoms with Crippen LogP contribution >= 0.6 is 0 Å². The number of phenols is 3. The number of allylic oxidation sites excluding steroid dienone is 2. The fourth-order valence-electron chi connectivity index (χ4n) is 6.98. The second kappa shape index (κ2) is 16.5. The molecule has 54 heavy (non-hydrogen) atoms. The van der Waals surface area contributed by atoms with E-state index in [0.29, 0.717) is 0 Å². The van der Waals surface area contributed by atoms with E-state index in [-0.39, 0.29) is 44.5 Å². The van der Waals surface area contributed by atoms with Crippen molar-refractivity contribution in [2.75, 3.05) is 19.5 Å². The Kier molecular flexibility index (Phi) is 12.7. The van der Waals surface area contributed by atoms with Crippen LogP contribution in [0.25, 0.3) is 10.8 Å². The molecule has 9 atom stereocenters. The van der Waals surface area contributed by atoms with E-state index in [4.69, 9.17) is 23.8 Å². The molecule has 0 aromatic heterocycles. The molecule has 0 aliphatic carbocycles. The Balaban J connectivity index is 1.96. The summed E-state index contributed by atoms with van der Waals surface area (Å²) in [6, 6.07) is 0. The molecule has 5 rings (SSSR count). The van der Waals surface area contributed by atoms with E-state index in [9.17, 15) is 39.9 Å². The Morgan fingerprint density at radius 2 is 1.61 bits per heavy atom. The SMILES string of the molecule is CO/N=C/c1c2c(O)c3c(O)c(C)c4c(c3c1O)C(=O)C(C)(O/C=C/C(OC)C(C)C(OC(C)=O)C(C)C(O)C(C)C(O)C(C)/C=C/C=C(C)C(=O)N2)O4.